The largest absolute Gasteiger partial charge is 0.361 e. The summed E-state index contributed by atoms with van der Waals surface area (Å²) in [5, 5.41) is 0. The number of hydrogen-bond acceptors (Lipinski definition) is 4. The Morgan fingerprint density at radius 1 is 0.595 bits per heavy atom. The Kier molecular flexibility index (Phi) is 20.2. The zero-order valence-corrected chi connectivity index (χ0v) is 28.2. The first-order valence-electron chi connectivity index (χ1n) is 15.5. The highest BCUT2D eigenvalue weighted by Gasteiger charge is 2.21. The van der Waals surface area contributed by atoms with Crippen molar-refractivity contribution in [2.45, 2.75) is 92.9 Å². The van der Waals surface area contributed by atoms with E-state index in [9.17, 15) is 9.59 Å². The molecule has 0 radical (unpaired) electrons. The number of alkyl halides is 2. The van der Waals surface area contributed by atoms with E-state index in [2.05, 4.69) is 65.8 Å². The summed E-state index contributed by atoms with van der Waals surface area (Å²) in [4.78, 5) is 27.8. The molecule has 8 heteroatoms. The van der Waals surface area contributed by atoms with Crippen LogP contribution in [0.25, 0.3) is 0 Å². The molecular formula is C34H52Cl2N2O4. The van der Waals surface area contributed by atoms with E-state index < -0.39 is 0 Å². The average molecular weight is 624 g/mol. The lowest BCUT2D eigenvalue weighted by atomic mass is 10.0. The van der Waals surface area contributed by atoms with Crippen LogP contribution >= 0.6 is 23.2 Å². The van der Waals surface area contributed by atoms with Gasteiger partial charge in [-0.3, -0.25) is 19.4 Å². The number of ether oxygens (including phenoxy) is 2. The molecule has 2 aromatic carbocycles. The fourth-order valence-electron chi connectivity index (χ4n) is 4.59. The fraction of sp³-hybridized carbons (Fsp3) is 0.588. The van der Waals surface area contributed by atoms with Crippen molar-refractivity contribution in [1.29, 1.82) is 0 Å². The second-order valence-corrected chi connectivity index (χ2v) is 10.5. The van der Waals surface area contributed by atoms with Crippen LogP contribution in [0.5, 0.6) is 0 Å². The maximum absolute atomic E-state index is 12.2. The van der Waals surface area contributed by atoms with Gasteiger partial charge in [0, 0.05) is 13.2 Å². The SMILES string of the molecule is CCCCOCN(C(=O)CCl)c1c(CC)cccc1CC.CCCCOCN(C(=O)CCl)c1c(CC)cccc1CC. The van der Waals surface area contributed by atoms with Crippen molar-refractivity contribution in [3.05, 3.63) is 58.7 Å². The van der Waals surface area contributed by atoms with Crippen LogP contribution in [0.1, 0.15) is 89.5 Å². The van der Waals surface area contributed by atoms with Gasteiger partial charge in [-0.2, -0.15) is 0 Å². The summed E-state index contributed by atoms with van der Waals surface area (Å²) in [6, 6.07) is 12.3. The Hall–Kier alpha value is -2.12. The number of nitrogens with zero attached hydrogens (tertiary/aromatic N) is 2. The van der Waals surface area contributed by atoms with Crippen molar-refractivity contribution in [2.75, 3.05) is 48.2 Å². The number of halogens is 2. The molecule has 0 heterocycles. The smallest absolute Gasteiger partial charge is 0.243 e. The molecule has 0 saturated heterocycles. The van der Waals surface area contributed by atoms with E-state index in [1.54, 1.807) is 9.80 Å². The van der Waals surface area contributed by atoms with Crippen molar-refractivity contribution in [2.24, 2.45) is 0 Å². The summed E-state index contributed by atoms with van der Waals surface area (Å²) in [5.74, 6) is -0.274. The summed E-state index contributed by atoms with van der Waals surface area (Å²) in [6.45, 7) is 14.5. The Bertz CT molecular complexity index is 936. The molecule has 0 aliphatic carbocycles. The van der Waals surface area contributed by atoms with Crippen molar-refractivity contribution < 1.29 is 19.1 Å². The number of hydrogen-bond donors (Lipinski definition) is 0. The molecular weight excluding hydrogens is 571 g/mol. The molecule has 0 spiro atoms. The number of carbonyl (C=O) groups is 2. The van der Waals surface area contributed by atoms with Gasteiger partial charge in [-0.15, -0.1) is 23.2 Å². The number of para-hydroxylation sites is 2. The van der Waals surface area contributed by atoms with Crippen LogP contribution < -0.4 is 9.80 Å². The standard InChI is InChI=1S/2C17H26ClNO2/c2*1-4-7-11-21-13-19(16(20)12-18)17-14(5-2)9-8-10-15(17)6-3/h2*8-10H,4-7,11-13H2,1-3H3. The maximum atomic E-state index is 12.2. The lowest BCUT2D eigenvalue weighted by molar-refractivity contribution is -0.118. The molecule has 0 bridgehead atoms. The summed E-state index contributed by atoms with van der Waals surface area (Å²) >= 11 is 11.6. The first kappa shape index (κ1) is 37.9. The number of aryl methyl sites for hydroxylation is 4. The average Bonchev–Trinajstić information content (AvgIpc) is 3.03. The number of anilines is 2. The summed E-state index contributed by atoms with van der Waals surface area (Å²) in [5.41, 5.74) is 6.59. The van der Waals surface area contributed by atoms with Crippen molar-refractivity contribution >= 4 is 46.4 Å². The fourth-order valence-corrected chi connectivity index (χ4v) is 4.88. The second-order valence-electron chi connectivity index (χ2n) is 9.96. The predicted octanol–water partition coefficient (Wildman–Crippen LogP) is 8.31. The van der Waals surface area contributed by atoms with E-state index in [1.165, 1.54) is 0 Å². The molecule has 2 rings (SSSR count). The molecule has 0 aromatic heterocycles. The van der Waals surface area contributed by atoms with Gasteiger partial charge in [0.15, 0.2) is 0 Å². The van der Waals surface area contributed by atoms with E-state index in [-0.39, 0.29) is 37.0 Å². The molecule has 2 amide bonds. The van der Waals surface area contributed by atoms with E-state index >= 15 is 0 Å². The highest BCUT2D eigenvalue weighted by molar-refractivity contribution is 6.29. The highest BCUT2D eigenvalue weighted by Crippen LogP contribution is 2.28. The second kappa shape index (κ2) is 22.4. The van der Waals surface area contributed by atoms with E-state index in [4.69, 9.17) is 32.7 Å². The number of benzene rings is 2. The third-order valence-corrected chi connectivity index (χ3v) is 7.48. The molecule has 0 fully saturated rings. The molecule has 0 N–H and O–H groups in total. The molecule has 0 aliphatic heterocycles. The van der Waals surface area contributed by atoms with Gasteiger partial charge in [0.25, 0.3) is 0 Å². The van der Waals surface area contributed by atoms with Crippen molar-refractivity contribution in [3.8, 4) is 0 Å². The quantitative estimate of drug-likeness (QED) is 0.0952. The van der Waals surface area contributed by atoms with Crippen molar-refractivity contribution in [1.82, 2.24) is 0 Å². The lowest BCUT2D eigenvalue weighted by Gasteiger charge is -2.26. The Balaban J connectivity index is 0.000000420. The van der Waals surface area contributed by atoms with Crippen LogP contribution in [0.3, 0.4) is 0 Å². The minimum atomic E-state index is -0.108. The molecule has 236 valence electrons. The van der Waals surface area contributed by atoms with Gasteiger partial charge < -0.3 is 9.47 Å². The predicted molar refractivity (Wildman–Crippen MR) is 178 cm³/mol. The van der Waals surface area contributed by atoms with Crippen LogP contribution in [-0.2, 0) is 44.7 Å². The highest BCUT2D eigenvalue weighted by atomic mass is 35.5. The lowest BCUT2D eigenvalue weighted by Crippen LogP contribution is -2.35. The maximum Gasteiger partial charge on any atom is 0.243 e. The Morgan fingerprint density at radius 3 is 1.14 bits per heavy atom. The molecule has 2 aromatic rings. The van der Waals surface area contributed by atoms with E-state index in [0.29, 0.717) is 13.2 Å². The van der Waals surface area contributed by atoms with Gasteiger partial charge in [-0.25, -0.2) is 0 Å². The summed E-state index contributed by atoms with van der Waals surface area (Å²) in [6.07, 6.45) is 7.67. The zero-order valence-electron chi connectivity index (χ0n) is 26.6. The molecule has 0 saturated carbocycles. The third kappa shape index (κ3) is 11.9. The van der Waals surface area contributed by atoms with Crippen molar-refractivity contribution in [3.63, 3.8) is 0 Å². The molecule has 42 heavy (non-hydrogen) atoms. The van der Waals surface area contributed by atoms with Crippen LogP contribution in [0.2, 0.25) is 0 Å². The van der Waals surface area contributed by atoms with E-state index in [0.717, 1.165) is 85.0 Å². The summed E-state index contributed by atoms with van der Waals surface area (Å²) < 4.78 is 11.3. The monoisotopic (exact) mass is 622 g/mol. The summed E-state index contributed by atoms with van der Waals surface area (Å²) in [7, 11) is 0. The molecule has 0 unspecified atom stereocenters. The topological polar surface area (TPSA) is 59.1 Å². The third-order valence-electron chi connectivity index (χ3n) is 7.03. The number of unbranched alkanes of at least 4 members (excludes halogenated alkanes) is 2. The first-order chi connectivity index (χ1) is 20.4. The first-order valence-corrected chi connectivity index (χ1v) is 16.5. The number of amides is 2. The van der Waals surface area contributed by atoms with E-state index in [1.807, 2.05) is 12.1 Å². The van der Waals surface area contributed by atoms with Gasteiger partial charge in [-0.1, -0.05) is 90.8 Å². The molecule has 0 atom stereocenters. The van der Waals surface area contributed by atoms with Crippen LogP contribution in [0.15, 0.2) is 36.4 Å². The van der Waals surface area contributed by atoms with Gasteiger partial charge in [0.2, 0.25) is 11.8 Å². The van der Waals surface area contributed by atoms with Gasteiger partial charge in [-0.05, 0) is 60.8 Å². The number of rotatable bonds is 18. The minimum Gasteiger partial charge on any atom is -0.361 e. The van der Waals surface area contributed by atoms with Gasteiger partial charge in [0.1, 0.15) is 25.2 Å². The van der Waals surface area contributed by atoms with Crippen LogP contribution in [0.4, 0.5) is 11.4 Å². The Labute approximate surface area is 264 Å². The van der Waals surface area contributed by atoms with Crippen LogP contribution in [-0.4, -0.2) is 50.2 Å². The van der Waals surface area contributed by atoms with Gasteiger partial charge >= 0.3 is 0 Å². The molecule has 0 aliphatic rings. The zero-order chi connectivity index (χ0) is 31.3. The minimum absolute atomic E-state index is 0.0294. The number of carbonyl (C=O) groups excluding carboxylic acids is 2. The van der Waals surface area contributed by atoms with Crippen LogP contribution in [0, 0.1) is 0 Å². The van der Waals surface area contributed by atoms with Gasteiger partial charge in [0.05, 0.1) is 11.4 Å². The molecule has 6 nitrogen and oxygen atoms in total. The Morgan fingerprint density at radius 2 is 0.905 bits per heavy atom. The normalized spacial score (nSPS) is 10.7.